The fraction of sp³-hybridized carbons (Fsp3) is 0.278. The van der Waals surface area contributed by atoms with Gasteiger partial charge in [0.2, 0.25) is 5.91 Å². The summed E-state index contributed by atoms with van der Waals surface area (Å²) in [6, 6.07) is 13.3. The zero-order valence-corrected chi connectivity index (χ0v) is 13.2. The van der Waals surface area contributed by atoms with Crippen LogP contribution in [0.15, 0.2) is 48.5 Å². The van der Waals surface area contributed by atoms with Crippen molar-refractivity contribution >= 4 is 11.6 Å². The van der Waals surface area contributed by atoms with E-state index >= 15 is 0 Å². The number of ether oxygens (including phenoxy) is 1. The number of hydrogen-bond acceptors (Lipinski definition) is 3. The van der Waals surface area contributed by atoms with E-state index in [4.69, 9.17) is 5.73 Å². The van der Waals surface area contributed by atoms with Crippen LogP contribution in [0.4, 0.5) is 14.5 Å². The van der Waals surface area contributed by atoms with Gasteiger partial charge in [-0.3, -0.25) is 4.79 Å². The summed E-state index contributed by atoms with van der Waals surface area (Å²) in [6.07, 6.45) is 0.298. The van der Waals surface area contributed by atoms with Crippen LogP contribution in [0.1, 0.15) is 24.1 Å². The van der Waals surface area contributed by atoms with Crippen molar-refractivity contribution in [2.45, 2.75) is 32.0 Å². The number of nitrogens with two attached hydrogens (primary N) is 1. The first-order valence-corrected chi connectivity index (χ1v) is 7.68. The minimum atomic E-state index is -2.89. The lowest BCUT2D eigenvalue weighted by Crippen LogP contribution is -2.49. The van der Waals surface area contributed by atoms with Crippen molar-refractivity contribution in [3.8, 4) is 5.75 Å². The second kappa shape index (κ2) is 6.57. The smallest absolute Gasteiger partial charge is 0.387 e. The van der Waals surface area contributed by atoms with Gasteiger partial charge in [-0.05, 0) is 42.7 Å². The number of carbonyl (C=O) groups excluding carboxylic acids is 1. The van der Waals surface area contributed by atoms with Gasteiger partial charge in [-0.15, -0.1) is 0 Å². The highest BCUT2D eigenvalue weighted by atomic mass is 19.3. The number of hydrogen-bond donors (Lipinski definition) is 1. The molecule has 0 unspecified atom stereocenters. The Hall–Kier alpha value is -2.47. The molecule has 0 aromatic heterocycles. The lowest BCUT2D eigenvalue weighted by atomic mass is 9.94. The third-order valence-corrected chi connectivity index (χ3v) is 4.20. The van der Waals surface area contributed by atoms with E-state index in [1.54, 1.807) is 11.0 Å². The molecule has 0 spiro atoms. The minimum Gasteiger partial charge on any atom is -0.435 e. The molecule has 0 fully saturated rings. The maximum absolute atomic E-state index is 12.6. The highest BCUT2D eigenvalue weighted by molar-refractivity contribution is 6.00. The molecule has 24 heavy (non-hydrogen) atoms. The highest BCUT2D eigenvalue weighted by Crippen LogP contribution is 2.36. The van der Waals surface area contributed by atoms with E-state index in [0.717, 1.165) is 11.1 Å². The summed E-state index contributed by atoms with van der Waals surface area (Å²) in [5.74, 6) is -0.112. The van der Waals surface area contributed by atoms with Gasteiger partial charge in [-0.2, -0.15) is 8.78 Å². The predicted molar refractivity (Wildman–Crippen MR) is 87.1 cm³/mol. The van der Waals surface area contributed by atoms with Crippen LogP contribution in [0.5, 0.6) is 5.75 Å². The molecule has 3 rings (SSSR count). The Morgan fingerprint density at radius 2 is 1.92 bits per heavy atom. The molecule has 0 saturated carbocycles. The van der Waals surface area contributed by atoms with E-state index in [1.807, 2.05) is 37.3 Å². The lowest BCUT2D eigenvalue weighted by Gasteiger charge is -2.37. The Balaban J connectivity index is 2.00. The standard InChI is InChI=1S/C18H18F2N2O2/c1-11(12-5-3-2-4-6-12)22-16-8-7-14(24-18(19)20)9-13(16)10-15(21)17(22)23/h2-9,11,15,18H,10,21H2,1H3/t11-,15+/m0/s1. The third kappa shape index (κ3) is 3.10. The summed E-state index contributed by atoms with van der Waals surface area (Å²) < 4.78 is 29.3. The summed E-state index contributed by atoms with van der Waals surface area (Å²) in [5.41, 5.74) is 8.35. The number of halogens is 2. The number of benzene rings is 2. The van der Waals surface area contributed by atoms with E-state index in [9.17, 15) is 13.6 Å². The van der Waals surface area contributed by atoms with Gasteiger partial charge in [0, 0.05) is 5.69 Å². The van der Waals surface area contributed by atoms with Crippen LogP contribution >= 0.6 is 0 Å². The molecule has 2 aromatic carbocycles. The van der Waals surface area contributed by atoms with Crippen LogP contribution in [-0.4, -0.2) is 18.6 Å². The molecule has 0 radical (unpaired) electrons. The molecule has 1 amide bonds. The highest BCUT2D eigenvalue weighted by Gasteiger charge is 2.34. The van der Waals surface area contributed by atoms with Gasteiger partial charge in [-0.1, -0.05) is 30.3 Å². The summed E-state index contributed by atoms with van der Waals surface area (Å²) in [7, 11) is 0. The van der Waals surface area contributed by atoms with Crippen LogP contribution in [-0.2, 0) is 11.2 Å². The van der Waals surface area contributed by atoms with Gasteiger partial charge in [0.05, 0.1) is 12.1 Å². The molecule has 6 heteroatoms. The average Bonchev–Trinajstić information content (AvgIpc) is 2.56. The third-order valence-electron chi connectivity index (χ3n) is 4.20. The number of carbonyl (C=O) groups is 1. The molecular weight excluding hydrogens is 314 g/mol. The summed E-state index contributed by atoms with van der Waals surface area (Å²) in [4.78, 5) is 14.2. The predicted octanol–water partition coefficient (Wildman–Crippen LogP) is 3.27. The van der Waals surface area contributed by atoms with Gasteiger partial charge < -0.3 is 15.4 Å². The molecule has 1 aliphatic rings. The van der Waals surface area contributed by atoms with Crippen molar-refractivity contribution < 1.29 is 18.3 Å². The minimum absolute atomic E-state index is 0.0672. The molecule has 4 nitrogen and oxygen atoms in total. The van der Waals surface area contributed by atoms with Gasteiger partial charge in [0.25, 0.3) is 0 Å². The molecule has 2 aromatic rings. The normalized spacial score (nSPS) is 18.5. The first-order chi connectivity index (χ1) is 11.5. The van der Waals surface area contributed by atoms with Gasteiger partial charge in [-0.25, -0.2) is 0 Å². The fourth-order valence-electron chi connectivity index (χ4n) is 3.04. The summed E-state index contributed by atoms with van der Waals surface area (Å²) >= 11 is 0. The largest absolute Gasteiger partial charge is 0.435 e. The quantitative estimate of drug-likeness (QED) is 0.935. The molecule has 2 atom stereocenters. The lowest BCUT2D eigenvalue weighted by molar-refractivity contribution is -0.120. The van der Waals surface area contributed by atoms with Gasteiger partial charge in [0.1, 0.15) is 5.75 Å². The second-order valence-electron chi connectivity index (χ2n) is 5.77. The Morgan fingerprint density at radius 3 is 2.58 bits per heavy atom. The number of alkyl halides is 2. The van der Waals surface area contributed by atoms with Crippen LogP contribution in [0.25, 0.3) is 0 Å². The topological polar surface area (TPSA) is 55.6 Å². The molecule has 1 heterocycles. The number of anilines is 1. The van der Waals surface area contributed by atoms with E-state index in [2.05, 4.69) is 4.74 Å². The van der Waals surface area contributed by atoms with Crippen LogP contribution < -0.4 is 15.4 Å². The number of nitrogens with zero attached hydrogens (tertiary/aromatic N) is 1. The van der Waals surface area contributed by atoms with Crippen LogP contribution in [0, 0.1) is 0 Å². The molecule has 0 aliphatic carbocycles. The SMILES string of the molecule is C[C@@H](c1ccccc1)N1C(=O)[C@H](N)Cc2cc(OC(F)F)ccc21. The molecule has 0 saturated heterocycles. The van der Waals surface area contributed by atoms with Crippen LogP contribution in [0.2, 0.25) is 0 Å². The molecule has 2 N–H and O–H groups in total. The first kappa shape index (κ1) is 16.4. The molecule has 126 valence electrons. The average molecular weight is 332 g/mol. The maximum atomic E-state index is 12.6. The van der Waals surface area contributed by atoms with E-state index < -0.39 is 12.7 Å². The van der Waals surface area contributed by atoms with Crippen molar-refractivity contribution in [1.82, 2.24) is 0 Å². The Kier molecular flexibility index (Phi) is 4.49. The molecular formula is C18H18F2N2O2. The Bertz CT molecular complexity index is 737. The Labute approximate surface area is 138 Å². The van der Waals surface area contributed by atoms with E-state index in [0.29, 0.717) is 12.1 Å². The van der Waals surface area contributed by atoms with Crippen molar-refractivity contribution in [3.05, 3.63) is 59.7 Å². The number of amides is 1. The van der Waals surface area contributed by atoms with Crippen molar-refractivity contribution in [3.63, 3.8) is 0 Å². The maximum Gasteiger partial charge on any atom is 0.387 e. The van der Waals surface area contributed by atoms with Gasteiger partial charge >= 0.3 is 6.61 Å². The fourth-order valence-corrected chi connectivity index (χ4v) is 3.04. The second-order valence-corrected chi connectivity index (χ2v) is 5.77. The van der Waals surface area contributed by atoms with Crippen molar-refractivity contribution in [1.29, 1.82) is 0 Å². The van der Waals surface area contributed by atoms with Crippen molar-refractivity contribution in [2.24, 2.45) is 5.73 Å². The monoisotopic (exact) mass is 332 g/mol. The van der Waals surface area contributed by atoms with E-state index in [-0.39, 0.29) is 17.7 Å². The summed E-state index contributed by atoms with van der Waals surface area (Å²) in [6.45, 7) is -0.972. The Morgan fingerprint density at radius 1 is 1.21 bits per heavy atom. The summed E-state index contributed by atoms with van der Waals surface area (Å²) in [5, 5.41) is 0. The van der Waals surface area contributed by atoms with Crippen molar-refractivity contribution in [2.75, 3.05) is 4.90 Å². The molecule has 1 aliphatic heterocycles. The first-order valence-electron chi connectivity index (χ1n) is 7.68. The van der Waals surface area contributed by atoms with Crippen LogP contribution in [0.3, 0.4) is 0 Å². The van der Waals surface area contributed by atoms with Gasteiger partial charge in [0.15, 0.2) is 0 Å². The van der Waals surface area contributed by atoms with E-state index in [1.165, 1.54) is 12.1 Å². The molecule has 0 bridgehead atoms. The number of fused-ring (bicyclic) bond motifs is 1. The number of rotatable bonds is 4. The zero-order chi connectivity index (χ0) is 17.3. The zero-order valence-electron chi connectivity index (χ0n) is 13.2.